The number of amides is 2. The van der Waals surface area contributed by atoms with Crippen LogP contribution in [0.25, 0.3) is 22.0 Å². The molecule has 0 radical (unpaired) electrons. The zero-order valence-corrected chi connectivity index (χ0v) is 18.8. The molecular formula is C25H19Cl2N3O3. The summed E-state index contributed by atoms with van der Waals surface area (Å²) in [6.07, 6.45) is 1.70. The molecule has 0 aliphatic rings. The summed E-state index contributed by atoms with van der Waals surface area (Å²) in [7, 11) is 0. The molecular weight excluding hydrogens is 461 g/mol. The second-order valence-electron chi connectivity index (χ2n) is 7.25. The molecule has 4 rings (SSSR count). The number of pyridine rings is 1. The van der Waals surface area contributed by atoms with Gasteiger partial charge in [-0.05, 0) is 47.9 Å². The molecule has 166 valence electrons. The van der Waals surface area contributed by atoms with Crippen LogP contribution < -0.4 is 10.6 Å². The summed E-state index contributed by atoms with van der Waals surface area (Å²) in [5.41, 5.74) is 2.63. The number of carbonyl (C=O) groups is 2. The second kappa shape index (κ2) is 10.0. The third-order valence-corrected chi connectivity index (χ3v) is 5.63. The van der Waals surface area contributed by atoms with Gasteiger partial charge in [0.1, 0.15) is 0 Å². The largest absolute Gasteiger partial charge is 0.396 e. The zero-order valence-electron chi connectivity index (χ0n) is 17.3. The minimum absolute atomic E-state index is 0.0235. The van der Waals surface area contributed by atoms with Crippen LogP contribution in [-0.4, -0.2) is 28.5 Å². The van der Waals surface area contributed by atoms with Crippen LogP contribution in [0.1, 0.15) is 16.8 Å². The van der Waals surface area contributed by atoms with Gasteiger partial charge in [-0.3, -0.25) is 14.6 Å². The van der Waals surface area contributed by atoms with Crippen molar-refractivity contribution in [1.29, 1.82) is 0 Å². The number of benzene rings is 3. The van der Waals surface area contributed by atoms with E-state index in [4.69, 9.17) is 28.3 Å². The number of aliphatic hydroxyl groups is 1. The first kappa shape index (κ1) is 22.7. The second-order valence-corrected chi connectivity index (χ2v) is 8.06. The Morgan fingerprint density at radius 2 is 1.64 bits per heavy atom. The van der Waals surface area contributed by atoms with E-state index in [1.54, 1.807) is 30.5 Å². The molecule has 0 spiro atoms. The third kappa shape index (κ3) is 5.14. The molecule has 0 fully saturated rings. The predicted molar refractivity (Wildman–Crippen MR) is 132 cm³/mol. The number of fused-ring (bicyclic) bond motifs is 1. The summed E-state index contributed by atoms with van der Waals surface area (Å²) >= 11 is 12.7. The van der Waals surface area contributed by atoms with Gasteiger partial charge in [0.2, 0.25) is 5.91 Å². The monoisotopic (exact) mass is 479 g/mol. The van der Waals surface area contributed by atoms with E-state index in [2.05, 4.69) is 15.6 Å². The quantitative estimate of drug-likeness (QED) is 0.326. The van der Waals surface area contributed by atoms with Crippen LogP contribution in [0.15, 0.2) is 72.9 Å². The van der Waals surface area contributed by atoms with Gasteiger partial charge in [-0.25, -0.2) is 0 Å². The third-order valence-electron chi connectivity index (χ3n) is 4.99. The summed E-state index contributed by atoms with van der Waals surface area (Å²) in [6.45, 7) is -0.253. The molecule has 6 nitrogen and oxygen atoms in total. The number of anilines is 2. The van der Waals surface area contributed by atoms with Crippen LogP contribution >= 0.6 is 23.2 Å². The van der Waals surface area contributed by atoms with Crippen molar-refractivity contribution in [3.8, 4) is 11.3 Å². The molecule has 33 heavy (non-hydrogen) atoms. The van der Waals surface area contributed by atoms with Gasteiger partial charge in [0.25, 0.3) is 5.91 Å². The standard InChI is InChI=1S/C25H19Cl2N3O3/c26-21-8-6-16(13-20(21)24-18-4-2-1-3-15(18)9-11-28-24)30-25(33)19-7-5-17(14-22(19)27)29-23(32)10-12-31/h1-9,11,13-14,31H,10,12H2,(H,29,32)(H,30,33). The molecule has 2 amide bonds. The van der Waals surface area contributed by atoms with Gasteiger partial charge in [0.05, 0.1) is 34.3 Å². The van der Waals surface area contributed by atoms with E-state index in [0.29, 0.717) is 22.0 Å². The van der Waals surface area contributed by atoms with Crippen LogP contribution in [0.2, 0.25) is 10.0 Å². The fourth-order valence-electron chi connectivity index (χ4n) is 3.42. The number of nitrogens with zero attached hydrogens (tertiary/aromatic N) is 1. The molecule has 0 aliphatic heterocycles. The Balaban J connectivity index is 1.59. The van der Waals surface area contributed by atoms with E-state index in [9.17, 15) is 9.59 Å². The van der Waals surface area contributed by atoms with E-state index in [1.807, 2.05) is 30.3 Å². The van der Waals surface area contributed by atoms with Crippen LogP contribution in [0.5, 0.6) is 0 Å². The van der Waals surface area contributed by atoms with E-state index in [1.165, 1.54) is 12.1 Å². The molecule has 0 bridgehead atoms. The Morgan fingerprint density at radius 1 is 0.879 bits per heavy atom. The molecule has 0 saturated carbocycles. The molecule has 0 atom stereocenters. The van der Waals surface area contributed by atoms with Gasteiger partial charge in [0.15, 0.2) is 0 Å². The number of halogens is 2. The average Bonchev–Trinajstić information content (AvgIpc) is 2.80. The first-order chi connectivity index (χ1) is 16.0. The molecule has 3 aromatic carbocycles. The first-order valence-corrected chi connectivity index (χ1v) is 10.9. The average molecular weight is 480 g/mol. The number of nitrogens with one attached hydrogen (secondary N) is 2. The van der Waals surface area contributed by atoms with Crippen molar-refractivity contribution in [3.63, 3.8) is 0 Å². The smallest absolute Gasteiger partial charge is 0.257 e. The minimum atomic E-state index is -0.410. The highest BCUT2D eigenvalue weighted by molar-refractivity contribution is 6.35. The summed E-state index contributed by atoms with van der Waals surface area (Å²) in [6, 6.07) is 19.5. The lowest BCUT2D eigenvalue weighted by Crippen LogP contribution is -2.15. The lowest BCUT2D eigenvalue weighted by Gasteiger charge is -2.12. The van der Waals surface area contributed by atoms with Crippen molar-refractivity contribution in [2.75, 3.05) is 17.2 Å². The van der Waals surface area contributed by atoms with Crippen LogP contribution in [0.3, 0.4) is 0 Å². The van der Waals surface area contributed by atoms with E-state index in [-0.39, 0.29) is 29.5 Å². The van der Waals surface area contributed by atoms with Gasteiger partial charge in [-0.2, -0.15) is 0 Å². The minimum Gasteiger partial charge on any atom is -0.396 e. The van der Waals surface area contributed by atoms with Crippen molar-refractivity contribution in [1.82, 2.24) is 4.98 Å². The molecule has 8 heteroatoms. The molecule has 3 N–H and O–H groups in total. The maximum Gasteiger partial charge on any atom is 0.257 e. The Labute approximate surface area is 200 Å². The lowest BCUT2D eigenvalue weighted by atomic mass is 10.0. The summed E-state index contributed by atoms with van der Waals surface area (Å²) in [4.78, 5) is 29.0. The molecule has 0 saturated heterocycles. The molecule has 0 aliphatic carbocycles. The predicted octanol–water partition coefficient (Wildman–Crippen LogP) is 5.78. The molecule has 1 aromatic heterocycles. The van der Waals surface area contributed by atoms with Crippen LogP contribution in [0.4, 0.5) is 11.4 Å². The highest BCUT2D eigenvalue weighted by atomic mass is 35.5. The number of carbonyl (C=O) groups excluding carboxylic acids is 2. The fraction of sp³-hybridized carbons (Fsp3) is 0.0800. The van der Waals surface area contributed by atoms with Gasteiger partial charge < -0.3 is 15.7 Å². The van der Waals surface area contributed by atoms with Gasteiger partial charge in [0, 0.05) is 28.5 Å². The summed E-state index contributed by atoms with van der Waals surface area (Å²) in [5.74, 6) is -0.756. The number of aliphatic hydroxyl groups excluding tert-OH is 1. The summed E-state index contributed by atoms with van der Waals surface area (Å²) in [5, 5.41) is 17.0. The van der Waals surface area contributed by atoms with Gasteiger partial charge >= 0.3 is 0 Å². The molecule has 4 aromatic rings. The Hall–Kier alpha value is -3.45. The normalized spacial score (nSPS) is 10.8. The first-order valence-electron chi connectivity index (χ1n) is 10.1. The van der Waals surface area contributed by atoms with Crippen LogP contribution in [-0.2, 0) is 4.79 Å². The number of aromatic nitrogens is 1. The van der Waals surface area contributed by atoms with Crippen LogP contribution in [0, 0.1) is 0 Å². The maximum atomic E-state index is 12.9. The Morgan fingerprint density at radius 3 is 2.42 bits per heavy atom. The molecule has 0 unspecified atom stereocenters. The number of hydrogen-bond donors (Lipinski definition) is 3. The van der Waals surface area contributed by atoms with E-state index < -0.39 is 5.91 Å². The van der Waals surface area contributed by atoms with Crippen molar-refractivity contribution in [2.24, 2.45) is 0 Å². The fourth-order valence-corrected chi connectivity index (χ4v) is 3.89. The highest BCUT2D eigenvalue weighted by Gasteiger charge is 2.15. The summed E-state index contributed by atoms with van der Waals surface area (Å²) < 4.78 is 0. The van der Waals surface area contributed by atoms with Crippen molar-refractivity contribution in [2.45, 2.75) is 6.42 Å². The Kier molecular flexibility index (Phi) is 6.89. The maximum absolute atomic E-state index is 12.9. The highest BCUT2D eigenvalue weighted by Crippen LogP contribution is 2.34. The zero-order chi connectivity index (χ0) is 23.4. The van der Waals surface area contributed by atoms with Gasteiger partial charge in [-0.1, -0.05) is 47.5 Å². The molecule has 1 heterocycles. The SMILES string of the molecule is O=C(CCO)Nc1ccc(C(=O)Nc2ccc(Cl)c(-c3nccc4ccccc34)c2)c(Cl)c1. The van der Waals surface area contributed by atoms with E-state index >= 15 is 0 Å². The topological polar surface area (TPSA) is 91.3 Å². The number of hydrogen-bond acceptors (Lipinski definition) is 4. The number of rotatable bonds is 6. The lowest BCUT2D eigenvalue weighted by molar-refractivity contribution is -0.116. The Bertz CT molecular complexity index is 1350. The van der Waals surface area contributed by atoms with Crippen molar-refractivity contribution in [3.05, 3.63) is 88.5 Å². The van der Waals surface area contributed by atoms with Crippen molar-refractivity contribution >= 4 is 57.2 Å². The van der Waals surface area contributed by atoms with Gasteiger partial charge in [-0.15, -0.1) is 0 Å². The van der Waals surface area contributed by atoms with E-state index in [0.717, 1.165) is 16.5 Å². The van der Waals surface area contributed by atoms with Crippen molar-refractivity contribution < 1.29 is 14.7 Å².